The van der Waals surface area contributed by atoms with Crippen molar-refractivity contribution in [2.45, 2.75) is 41.9 Å². The molecule has 0 spiro atoms. The van der Waals surface area contributed by atoms with Crippen LogP contribution in [0.15, 0.2) is 54.1 Å². The van der Waals surface area contributed by atoms with Crippen molar-refractivity contribution < 1.29 is 34.1 Å². The van der Waals surface area contributed by atoms with E-state index in [0.717, 1.165) is 10.5 Å². The first-order valence-corrected chi connectivity index (χ1v) is 14.7. The fourth-order valence-corrected chi connectivity index (χ4v) is 8.33. The van der Waals surface area contributed by atoms with Gasteiger partial charge in [-0.1, -0.05) is 35.9 Å². The van der Waals surface area contributed by atoms with Crippen molar-refractivity contribution in [3.63, 3.8) is 0 Å². The Morgan fingerprint density at radius 2 is 1.69 bits per heavy atom. The van der Waals surface area contributed by atoms with E-state index < -0.39 is 45.2 Å². The zero-order valence-electron chi connectivity index (χ0n) is 23.0. The highest BCUT2D eigenvalue weighted by Gasteiger charge is 2.76. The number of phenols is 2. The Morgan fingerprint density at radius 3 is 2.38 bits per heavy atom. The molecule has 0 aromatic heterocycles. The number of imide groups is 2. The van der Waals surface area contributed by atoms with Crippen LogP contribution in [0.4, 0.5) is 0 Å². The number of hydrogen-bond donors (Lipinski definition) is 2. The monoisotopic (exact) mass is 612 g/mol. The summed E-state index contributed by atoms with van der Waals surface area (Å²) in [6, 6.07) is 11.4. The van der Waals surface area contributed by atoms with Gasteiger partial charge in [-0.3, -0.25) is 29.0 Å². The van der Waals surface area contributed by atoms with Crippen LogP contribution < -0.4 is 4.74 Å². The summed E-state index contributed by atoms with van der Waals surface area (Å²) in [4.78, 5) is 53.0. The van der Waals surface area contributed by atoms with Crippen LogP contribution in [-0.4, -0.2) is 73.6 Å². The number of fused-ring (bicyclic) bond motifs is 4. The molecule has 9 nitrogen and oxygen atoms in total. The van der Waals surface area contributed by atoms with Crippen molar-refractivity contribution in [3.8, 4) is 17.2 Å². The first-order valence-electron chi connectivity index (χ1n) is 13.9. The molecule has 2 aromatic rings. The number of phenolic OH excluding ortho intramolecular Hbond substituents is 2. The summed E-state index contributed by atoms with van der Waals surface area (Å²) >= 11 is 14.3. The Balaban J connectivity index is 1.42. The molecule has 6 rings (SSSR count). The number of nitrogens with zero attached hydrogens (tertiary/aromatic N) is 2. The van der Waals surface area contributed by atoms with E-state index in [4.69, 9.17) is 27.9 Å². The largest absolute Gasteiger partial charge is 0.508 e. The van der Waals surface area contributed by atoms with Crippen LogP contribution in [0.25, 0.3) is 0 Å². The van der Waals surface area contributed by atoms with Crippen molar-refractivity contribution in [1.29, 1.82) is 0 Å². The molecule has 4 aliphatic rings. The molecule has 0 bridgehead atoms. The van der Waals surface area contributed by atoms with Gasteiger partial charge in [-0.05, 0) is 55.9 Å². The summed E-state index contributed by atoms with van der Waals surface area (Å²) in [5.74, 6) is -5.15. The van der Waals surface area contributed by atoms with Crippen LogP contribution in [0, 0.1) is 17.8 Å². The van der Waals surface area contributed by atoms with Gasteiger partial charge in [-0.2, -0.15) is 0 Å². The van der Waals surface area contributed by atoms with E-state index in [-0.39, 0.29) is 60.6 Å². The van der Waals surface area contributed by atoms with Gasteiger partial charge in [0.25, 0.3) is 11.8 Å². The lowest BCUT2D eigenvalue weighted by Crippen LogP contribution is -2.60. The number of likely N-dealkylation sites (tertiary alicyclic amines) is 2. The number of allylic oxidation sites excluding steroid dienone is 2. The zero-order chi connectivity index (χ0) is 30.1. The van der Waals surface area contributed by atoms with Gasteiger partial charge >= 0.3 is 0 Å². The molecule has 220 valence electrons. The van der Waals surface area contributed by atoms with Gasteiger partial charge in [0.05, 0.1) is 18.4 Å². The van der Waals surface area contributed by atoms with E-state index >= 15 is 0 Å². The second-order valence-electron chi connectivity index (χ2n) is 11.4. The molecule has 6 atom stereocenters. The Labute approximate surface area is 252 Å². The number of benzene rings is 2. The minimum Gasteiger partial charge on any atom is -0.508 e. The lowest BCUT2D eigenvalue weighted by atomic mass is 9.56. The number of rotatable bonds is 6. The molecule has 3 fully saturated rings. The molecular formula is C31H30Cl2N2O7. The summed E-state index contributed by atoms with van der Waals surface area (Å²) < 4.78 is 5.60. The smallest absolute Gasteiger partial charge is 0.253 e. The quantitative estimate of drug-likeness (QED) is 0.289. The number of aromatic hydroxyl groups is 2. The van der Waals surface area contributed by atoms with Crippen LogP contribution in [0.2, 0.25) is 0 Å². The minimum atomic E-state index is -1.98. The van der Waals surface area contributed by atoms with Gasteiger partial charge in [0.1, 0.15) is 5.75 Å². The number of para-hydroxylation sites is 1. The molecule has 11 heteroatoms. The predicted octanol–water partition coefficient (Wildman–Crippen LogP) is 3.73. The molecule has 2 aliphatic carbocycles. The Hall–Kier alpha value is -3.56. The molecule has 0 radical (unpaired) electrons. The number of halogens is 2. The highest BCUT2D eigenvalue weighted by Crippen LogP contribution is 2.66. The Bertz CT molecular complexity index is 1540. The van der Waals surface area contributed by atoms with Crippen molar-refractivity contribution in [3.05, 3.63) is 65.2 Å². The standard InChI is InChI=1S/C31H30Cl2N2O7/c1-3-42-22-6-4-5-20(25(22)37)24-18-11-12-19-23(21(18)15-30(32)28(40)34(2)29(41)31(24,30)33)27(39)35(26(19)38)14-13-16-7-9-17(36)10-8-16/h4-11,19,21,23-24,36-37H,3,12-15H2,1-2H3/t19-,21+,23-,24+,30+,31-/m0/s1. The first-order chi connectivity index (χ1) is 20.0. The maximum atomic E-state index is 13.9. The SMILES string of the molecule is CCOc1cccc([C@H]2C3=CC[C@@H]4C(=O)N(CCc5ccc(O)cc5)C(=O)[C@@H]4[C@@H]3C[C@@]3(Cl)C(=O)N(C)C(=O)[C@@]23Cl)c1O. The van der Waals surface area contributed by atoms with Crippen molar-refractivity contribution in [1.82, 2.24) is 9.80 Å². The maximum Gasteiger partial charge on any atom is 0.253 e. The molecular weight excluding hydrogens is 583 g/mol. The van der Waals surface area contributed by atoms with E-state index in [1.807, 2.05) is 6.08 Å². The number of amides is 4. The number of carbonyl (C=O) groups is 4. The highest BCUT2D eigenvalue weighted by molar-refractivity contribution is 6.53. The molecule has 2 aliphatic heterocycles. The summed E-state index contributed by atoms with van der Waals surface area (Å²) in [5, 5.41) is 20.9. The van der Waals surface area contributed by atoms with Gasteiger partial charge in [0.15, 0.2) is 21.2 Å². The fourth-order valence-electron chi connectivity index (χ4n) is 7.32. The Kier molecular flexibility index (Phi) is 6.81. The average Bonchev–Trinajstić information content (AvgIpc) is 3.29. The molecule has 2 N–H and O–H groups in total. The maximum absolute atomic E-state index is 13.9. The van der Waals surface area contributed by atoms with E-state index in [9.17, 15) is 29.4 Å². The van der Waals surface area contributed by atoms with Crippen LogP contribution in [-0.2, 0) is 25.6 Å². The molecule has 2 heterocycles. The summed E-state index contributed by atoms with van der Waals surface area (Å²) in [5.41, 5.74) is 1.71. The van der Waals surface area contributed by atoms with Crippen LogP contribution >= 0.6 is 23.2 Å². The van der Waals surface area contributed by atoms with Gasteiger partial charge in [-0.15, -0.1) is 23.2 Å². The van der Waals surface area contributed by atoms with Gasteiger partial charge < -0.3 is 14.9 Å². The molecule has 4 amide bonds. The topological polar surface area (TPSA) is 124 Å². The van der Waals surface area contributed by atoms with E-state index in [1.54, 1.807) is 49.4 Å². The zero-order valence-corrected chi connectivity index (χ0v) is 24.6. The fraction of sp³-hybridized carbons (Fsp3) is 0.419. The van der Waals surface area contributed by atoms with Gasteiger partial charge in [0, 0.05) is 25.1 Å². The third-order valence-corrected chi connectivity index (χ3v) is 10.7. The normalized spacial score (nSPS) is 32.0. The number of alkyl halides is 2. The summed E-state index contributed by atoms with van der Waals surface area (Å²) in [7, 11) is 1.32. The molecule has 0 unspecified atom stereocenters. The lowest BCUT2D eigenvalue weighted by Gasteiger charge is -2.50. The number of hydrogen-bond acceptors (Lipinski definition) is 7. The van der Waals surface area contributed by atoms with E-state index in [1.165, 1.54) is 11.9 Å². The third-order valence-electron chi connectivity index (χ3n) is 9.31. The average molecular weight is 613 g/mol. The summed E-state index contributed by atoms with van der Waals surface area (Å²) in [6.45, 7) is 2.20. The number of carbonyl (C=O) groups excluding carboxylic acids is 4. The van der Waals surface area contributed by atoms with Crippen molar-refractivity contribution >= 4 is 46.8 Å². The molecule has 1 saturated carbocycles. The molecule has 2 saturated heterocycles. The van der Waals surface area contributed by atoms with Crippen molar-refractivity contribution in [2.24, 2.45) is 17.8 Å². The first kappa shape index (κ1) is 28.6. The second kappa shape index (κ2) is 10.0. The van der Waals surface area contributed by atoms with E-state index in [2.05, 4.69) is 0 Å². The predicted molar refractivity (Wildman–Crippen MR) is 153 cm³/mol. The number of ether oxygens (including phenoxy) is 1. The highest BCUT2D eigenvalue weighted by atomic mass is 35.5. The van der Waals surface area contributed by atoms with Crippen LogP contribution in [0.5, 0.6) is 17.2 Å². The molecule has 2 aromatic carbocycles. The van der Waals surface area contributed by atoms with E-state index in [0.29, 0.717) is 12.0 Å². The van der Waals surface area contributed by atoms with Crippen LogP contribution in [0.1, 0.15) is 36.8 Å². The second-order valence-corrected chi connectivity index (χ2v) is 12.6. The summed E-state index contributed by atoms with van der Waals surface area (Å²) in [6.07, 6.45) is 2.35. The van der Waals surface area contributed by atoms with Crippen molar-refractivity contribution in [2.75, 3.05) is 20.2 Å². The van der Waals surface area contributed by atoms with Crippen LogP contribution in [0.3, 0.4) is 0 Å². The Morgan fingerprint density at radius 1 is 0.976 bits per heavy atom. The van der Waals surface area contributed by atoms with Gasteiger partial charge in [0.2, 0.25) is 11.8 Å². The lowest BCUT2D eigenvalue weighted by molar-refractivity contribution is -0.141. The minimum absolute atomic E-state index is 0.118. The molecule has 42 heavy (non-hydrogen) atoms. The third kappa shape index (κ3) is 3.82. The van der Waals surface area contributed by atoms with Gasteiger partial charge in [-0.25, -0.2) is 0 Å².